The van der Waals surface area contributed by atoms with Crippen LogP contribution >= 0.6 is 35.4 Å². The third kappa shape index (κ3) is 2.83. The molecule has 0 aliphatic carbocycles. The van der Waals surface area contributed by atoms with Crippen LogP contribution in [0.1, 0.15) is 13.3 Å². The van der Waals surface area contributed by atoms with Crippen LogP contribution in [-0.4, -0.2) is 11.7 Å². The lowest BCUT2D eigenvalue weighted by Gasteiger charge is -2.13. The summed E-state index contributed by atoms with van der Waals surface area (Å²) in [4.78, 5) is 0. The fraction of sp³-hybridized carbons (Fsp3) is 0.300. The van der Waals surface area contributed by atoms with Gasteiger partial charge in [-0.2, -0.15) is 8.73 Å². The lowest BCUT2D eigenvalue weighted by molar-refractivity contribution is 0.846. The summed E-state index contributed by atoms with van der Waals surface area (Å²) in [6, 6.07) is 1.64. The van der Waals surface area contributed by atoms with Crippen molar-refractivity contribution in [3.05, 3.63) is 16.1 Å². The van der Waals surface area contributed by atoms with Gasteiger partial charge in [-0.05, 0) is 24.7 Å². The van der Waals surface area contributed by atoms with Gasteiger partial charge in [0.15, 0.2) is 5.11 Å². The second kappa shape index (κ2) is 5.97. The van der Waals surface area contributed by atoms with E-state index in [1.807, 2.05) is 0 Å². The molecule has 0 unspecified atom stereocenters. The number of hydrogen-bond donors (Lipinski definition) is 2. The first-order valence-corrected chi connectivity index (χ1v) is 7.18. The average molecular weight is 321 g/mol. The minimum absolute atomic E-state index is 0.473. The van der Waals surface area contributed by atoms with Crippen molar-refractivity contribution in [2.24, 2.45) is 8.73 Å². The molecule has 1 heterocycles. The predicted molar refractivity (Wildman–Crippen MR) is 82.5 cm³/mol. The number of nitrogens with zero attached hydrogens (tertiary/aromatic N) is 2. The van der Waals surface area contributed by atoms with E-state index in [1.54, 1.807) is 6.07 Å². The number of thiocarbonyl (C=S) groups is 1. The fourth-order valence-corrected chi connectivity index (χ4v) is 2.75. The molecule has 1 aromatic carbocycles. The van der Waals surface area contributed by atoms with Crippen molar-refractivity contribution in [1.82, 2.24) is 5.32 Å². The highest BCUT2D eigenvalue weighted by atomic mass is 35.5. The molecule has 1 aliphatic heterocycles. The predicted octanol–water partition coefficient (Wildman–Crippen LogP) is 4.42. The van der Waals surface area contributed by atoms with Crippen molar-refractivity contribution in [3.63, 3.8) is 0 Å². The normalized spacial score (nSPS) is 11.9. The van der Waals surface area contributed by atoms with Crippen LogP contribution in [0.15, 0.2) is 14.8 Å². The van der Waals surface area contributed by atoms with Gasteiger partial charge >= 0.3 is 0 Å². The van der Waals surface area contributed by atoms with Gasteiger partial charge in [-0.15, -0.1) is 0 Å². The second-order valence-electron chi connectivity index (χ2n) is 3.56. The zero-order chi connectivity index (χ0) is 13.1. The third-order valence-corrected chi connectivity index (χ3v) is 3.58. The molecular weight excluding hydrogens is 311 g/mol. The maximum Gasteiger partial charge on any atom is 0.170 e. The van der Waals surface area contributed by atoms with E-state index < -0.39 is 0 Å². The van der Waals surface area contributed by atoms with E-state index in [9.17, 15) is 0 Å². The number of rotatable bonds is 3. The summed E-state index contributed by atoms with van der Waals surface area (Å²) in [6.07, 6.45) is 0.990. The number of benzene rings is 1. The van der Waals surface area contributed by atoms with Crippen molar-refractivity contribution in [2.75, 3.05) is 11.9 Å². The van der Waals surface area contributed by atoms with Crippen LogP contribution in [0.25, 0.3) is 0 Å². The number of hydrogen-bond acceptors (Lipinski definition) is 3. The summed E-state index contributed by atoms with van der Waals surface area (Å²) >= 11 is 18.4. The van der Waals surface area contributed by atoms with Crippen LogP contribution in [0.3, 0.4) is 0 Å². The molecule has 0 atom stereocenters. The van der Waals surface area contributed by atoms with Gasteiger partial charge in [0, 0.05) is 6.54 Å². The highest BCUT2D eigenvalue weighted by Gasteiger charge is 2.19. The highest BCUT2D eigenvalue weighted by Crippen LogP contribution is 2.47. The van der Waals surface area contributed by atoms with Crippen LogP contribution < -0.4 is 10.6 Å². The molecule has 0 saturated heterocycles. The third-order valence-electron chi connectivity index (χ3n) is 2.22. The summed E-state index contributed by atoms with van der Waals surface area (Å²) < 4.78 is 8.31. The Bertz CT molecular complexity index is 567. The van der Waals surface area contributed by atoms with Crippen molar-refractivity contribution in [1.29, 1.82) is 0 Å². The summed E-state index contributed by atoms with van der Waals surface area (Å²) in [7, 11) is 0. The molecule has 0 aromatic heterocycles. The number of fused-ring (bicyclic) bond motifs is 1. The molecule has 0 spiro atoms. The van der Waals surface area contributed by atoms with Crippen molar-refractivity contribution < 1.29 is 0 Å². The summed E-state index contributed by atoms with van der Waals surface area (Å²) in [5, 5.41) is 7.57. The SMILES string of the molecule is CCCNC(=S)Nc1c(Cl)cc(Cl)c2c1N=S=N2. The zero-order valence-electron chi connectivity index (χ0n) is 9.46. The van der Waals surface area contributed by atoms with Gasteiger partial charge in [-0.1, -0.05) is 30.1 Å². The lowest BCUT2D eigenvalue weighted by atomic mass is 10.2. The molecule has 2 rings (SSSR count). The van der Waals surface area contributed by atoms with E-state index in [2.05, 4.69) is 26.3 Å². The smallest absolute Gasteiger partial charge is 0.170 e. The Morgan fingerprint density at radius 2 is 2.06 bits per heavy atom. The van der Waals surface area contributed by atoms with Crippen molar-refractivity contribution >= 4 is 68.9 Å². The quantitative estimate of drug-likeness (QED) is 0.823. The van der Waals surface area contributed by atoms with Gasteiger partial charge in [0.05, 0.1) is 27.1 Å². The highest BCUT2D eigenvalue weighted by molar-refractivity contribution is 7.80. The molecule has 18 heavy (non-hydrogen) atoms. The van der Waals surface area contributed by atoms with Gasteiger partial charge < -0.3 is 10.6 Å². The molecule has 2 N–H and O–H groups in total. The van der Waals surface area contributed by atoms with Gasteiger partial charge in [-0.25, -0.2) is 0 Å². The molecule has 0 fully saturated rings. The van der Waals surface area contributed by atoms with E-state index in [1.165, 1.54) is 0 Å². The second-order valence-corrected chi connectivity index (χ2v) is 5.31. The van der Waals surface area contributed by atoms with E-state index >= 15 is 0 Å². The monoisotopic (exact) mass is 320 g/mol. The Kier molecular flexibility index (Phi) is 4.55. The van der Waals surface area contributed by atoms with Gasteiger partial charge in [0.2, 0.25) is 0 Å². The Hall–Kier alpha value is -0.690. The Labute approximate surface area is 124 Å². The van der Waals surface area contributed by atoms with Crippen LogP contribution in [0.4, 0.5) is 17.1 Å². The number of anilines is 1. The van der Waals surface area contributed by atoms with Gasteiger partial charge in [0.25, 0.3) is 0 Å². The number of halogens is 2. The topological polar surface area (TPSA) is 48.8 Å². The first-order chi connectivity index (χ1) is 8.63. The Balaban J connectivity index is 2.27. The van der Waals surface area contributed by atoms with E-state index in [-0.39, 0.29) is 0 Å². The minimum Gasteiger partial charge on any atom is -0.362 e. The maximum atomic E-state index is 6.15. The molecule has 0 saturated carbocycles. The molecule has 0 amide bonds. The molecule has 4 nitrogen and oxygen atoms in total. The number of nitrogens with one attached hydrogen (secondary N) is 2. The Morgan fingerprint density at radius 1 is 1.33 bits per heavy atom. The van der Waals surface area contributed by atoms with Crippen molar-refractivity contribution in [3.8, 4) is 0 Å². The van der Waals surface area contributed by atoms with Crippen LogP contribution in [0, 0.1) is 0 Å². The van der Waals surface area contributed by atoms with E-state index in [4.69, 9.17) is 35.4 Å². The molecule has 0 radical (unpaired) electrons. The summed E-state index contributed by atoms with van der Waals surface area (Å²) in [6.45, 7) is 2.86. The molecule has 1 aromatic rings. The van der Waals surface area contributed by atoms with Crippen LogP contribution in [0.5, 0.6) is 0 Å². The largest absolute Gasteiger partial charge is 0.362 e. The van der Waals surface area contributed by atoms with Crippen LogP contribution in [0.2, 0.25) is 10.0 Å². The lowest BCUT2D eigenvalue weighted by Crippen LogP contribution is -2.29. The van der Waals surface area contributed by atoms with Crippen LogP contribution in [-0.2, 0) is 11.4 Å². The van der Waals surface area contributed by atoms with E-state index in [0.29, 0.717) is 32.2 Å². The first kappa shape index (κ1) is 13.7. The molecule has 1 aliphatic rings. The average Bonchev–Trinajstić information content (AvgIpc) is 2.81. The minimum atomic E-state index is 0.473. The standard InChI is InChI=1S/C10H10Cl2N4S2/c1-2-3-13-10(17)14-7-5(11)4-6(12)8-9(7)16-18-15-8/h4H,2-3H2,1H3,(H2,13,14,17). The molecule has 0 bridgehead atoms. The van der Waals surface area contributed by atoms with Gasteiger partial charge in [0.1, 0.15) is 11.4 Å². The molecule has 96 valence electrons. The fourth-order valence-electron chi connectivity index (χ4n) is 1.39. The first-order valence-electron chi connectivity index (χ1n) is 5.28. The Morgan fingerprint density at radius 3 is 2.78 bits per heavy atom. The molecular formula is C10H10Cl2N4S2. The summed E-state index contributed by atoms with van der Waals surface area (Å²) in [5.41, 5.74) is 1.91. The summed E-state index contributed by atoms with van der Waals surface area (Å²) in [5.74, 6) is 0. The van der Waals surface area contributed by atoms with Crippen molar-refractivity contribution in [2.45, 2.75) is 13.3 Å². The van der Waals surface area contributed by atoms with Gasteiger partial charge in [-0.3, -0.25) is 0 Å². The molecule has 8 heteroatoms. The maximum absolute atomic E-state index is 6.15. The zero-order valence-corrected chi connectivity index (χ0v) is 12.6. The van der Waals surface area contributed by atoms with E-state index in [0.717, 1.165) is 24.3 Å².